The third-order valence-corrected chi connectivity index (χ3v) is 4.45. The van der Waals surface area contributed by atoms with Gasteiger partial charge < -0.3 is 16.0 Å². The molecule has 3 N–H and O–H groups in total. The van der Waals surface area contributed by atoms with E-state index in [2.05, 4.69) is 19.9 Å². The number of nitrogens with one attached hydrogen (secondary N) is 1. The Balaban J connectivity index is 2.01. The molecule has 1 unspecified atom stereocenters. The summed E-state index contributed by atoms with van der Waals surface area (Å²) in [6, 6.07) is 6.61. The van der Waals surface area contributed by atoms with Gasteiger partial charge in [0.15, 0.2) is 5.82 Å². The van der Waals surface area contributed by atoms with Crippen LogP contribution in [0.2, 0.25) is 0 Å². The van der Waals surface area contributed by atoms with Crippen molar-refractivity contribution >= 4 is 17.7 Å². The van der Waals surface area contributed by atoms with Crippen molar-refractivity contribution in [1.82, 2.24) is 9.97 Å². The van der Waals surface area contributed by atoms with Gasteiger partial charge in [0.2, 0.25) is 0 Å². The first kappa shape index (κ1) is 17.2. The van der Waals surface area contributed by atoms with E-state index in [4.69, 9.17) is 11.1 Å². The molecule has 25 heavy (non-hydrogen) atoms. The topological polar surface area (TPSA) is 91.2 Å². The lowest BCUT2D eigenvalue weighted by molar-refractivity contribution is 0.601. The van der Waals surface area contributed by atoms with Gasteiger partial charge in [-0.15, -0.1) is 0 Å². The Morgan fingerprint density at radius 3 is 3.00 bits per heavy atom. The standard InChI is InChI=1S/C18H21FN6/c1-22-17(13-3-2-7-23-15(13)10-21)18-14(19)4-5-16(24-18)25-8-6-12(9-20)11-25/h2-5,7,10,12,21H,6,8-9,11,20H2,1H3. The number of aliphatic imine (C=N–C) groups is 1. The number of halogens is 1. The van der Waals surface area contributed by atoms with Gasteiger partial charge in [-0.1, -0.05) is 0 Å². The first-order valence-corrected chi connectivity index (χ1v) is 8.22. The van der Waals surface area contributed by atoms with Gasteiger partial charge >= 0.3 is 0 Å². The van der Waals surface area contributed by atoms with E-state index < -0.39 is 5.82 Å². The lowest BCUT2D eigenvalue weighted by atomic mass is 10.0. The first-order chi connectivity index (χ1) is 12.2. The lowest BCUT2D eigenvalue weighted by Gasteiger charge is -2.19. The molecule has 0 aliphatic carbocycles. The van der Waals surface area contributed by atoms with E-state index in [1.54, 1.807) is 31.4 Å². The minimum absolute atomic E-state index is 0.173. The number of anilines is 1. The van der Waals surface area contributed by atoms with Crippen molar-refractivity contribution in [3.05, 3.63) is 53.2 Å². The van der Waals surface area contributed by atoms with Crippen LogP contribution in [0.25, 0.3) is 0 Å². The smallest absolute Gasteiger partial charge is 0.151 e. The fourth-order valence-corrected chi connectivity index (χ4v) is 3.09. The van der Waals surface area contributed by atoms with Crippen LogP contribution in [0.1, 0.15) is 23.4 Å². The van der Waals surface area contributed by atoms with E-state index in [-0.39, 0.29) is 5.69 Å². The van der Waals surface area contributed by atoms with Crippen LogP contribution >= 0.6 is 0 Å². The molecule has 1 aliphatic rings. The minimum atomic E-state index is -0.446. The molecule has 0 radical (unpaired) electrons. The minimum Gasteiger partial charge on any atom is -0.356 e. The zero-order valence-corrected chi connectivity index (χ0v) is 14.1. The van der Waals surface area contributed by atoms with Crippen LogP contribution in [0, 0.1) is 17.1 Å². The summed E-state index contributed by atoms with van der Waals surface area (Å²) >= 11 is 0. The van der Waals surface area contributed by atoms with Crippen molar-refractivity contribution in [2.24, 2.45) is 16.6 Å². The summed E-state index contributed by atoms with van der Waals surface area (Å²) in [7, 11) is 1.59. The van der Waals surface area contributed by atoms with E-state index in [9.17, 15) is 4.39 Å². The molecule has 1 saturated heterocycles. The monoisotopic (exact) mass is 340 g/mol. The second kappa shape index (κ2) is 7.48. The summed E-state index contributed by atoms with van der Waals surface area (Å²) in [5.74, 6) is 0.713. The zero-order chi connectivity index (χ0) is 17.8. The molecule has 0 aromatic carbocycles. The summed E-state index contributed by atoms with van der Waals surface area (Å²) in [6.45, 7) is 2.33. The molecule has 7 heteroatoms. The highest BCUT2D eigenvalue weighted by Crippen LogP contribution is 2.24. The average Bonchev–Trinajstić information content (AvgIpc) is 3.13. The number of rotatable bonds is 5. The van der Waals surface area contributed by atoms with Crippen LogP contribution in [-0.2, 0) is 0 Å². The average molecular weight is 340 g/mol. The highest BCUT2D eigenvalue weighted by atomic mass is 19.1. The highest BCUT2D eigenvalue weighted by Gasteiger charge is 2.24. The van der Waals surface area contributed by atoms with Crippen LogP contribution in [0.5, 0.6) is 0 Å². The largest absolute Gasteiger partial charge is 0.356 e. The molecule has 1 fully saturated rings. The van der Waals surface area contributed by atoms with Crippen LogP contribution in [-0.4, -0.2) is 48.6 Å². The maximum atomic E-state index is 14.5. The van der Waals surface area contributed by atoms with Crippen molar-refractivity contribution in [3.8, 4) is 0 Å². The van der Waals surface area contributed by atoms with Crippen molar-refractivity contribution < 1.29 is 4.39 Å². The number of hydrogen-bond donors (Lipinski definition) is 2. The molecular formula is C18H21FN6. The summed E-state index contributed by atoms with van der Waals surface area (Å²) in [6.07, 6.45) is 3.74. The van der Waals surface area contributed by atoms with Gasteiger partial charge in [0.1, 0.15) is 11.5 Å². The molecule has 2 aromatic rings. The number of aromatic nitrogens is 2. The van der Waals surface area contributed by atoms with Gasteiger partial charge in [-0.3, -0.25) is 9.98 Å². The third-order valence-electron chi connectivity index (χ3n) is 4.45. The van der Waals surface area contributed by atoms with Gasteiger partial charge in [0, 0.05) is 38.1 Å². The summed E-state index contributed by atoms with van der Waals surface area (Å²) in [5.41, 5.74) is 7.33. The van der Waals surface area contributed by atoms with E-state index in [0.717, 1.165) is 25.7 Å². The SMILES string of the molecule is CN=C(c1cccnc1C=N)c1nc(N2CCC(CN)C2)ccc1F. The van der Waals surface area contributed by atoms with E-state index in [1.165, 1.54) is 6.07 Å². The zero-order valence-electron chi connectivity index (χ0n) is 14.1. The molecule has 1 atom stereocenters. The summed E-state index contributed by atoms with van der Waals surface area (Å²) in [5, 5.41) is 7.51. The molecule has 0 spiro atoms. The molecule has 0 amide bonds. The second-order valence-corrected chi connectivity index (χ2v) is 5.99. The third kappa shape index (κ3) is 3.41. The molecule has 0 bridgehead atoms. The normalized spacial score (nSPS) is 17.8. The fourth-order valence-electron chi connectivity index (χ4n) is 3.09. The molecule has 2 aromatic heterocycles. The van der Waals surface area contributed by atoms with Crippen LogP contribution < -0.4 is 10.6 Å². The van der Waals surface area contributed by atoms with Gasteiger partial charge in [0.25, 0.3) is 0 Å². The van der Waals surface area contributed by atoms with Crippen LogP contribution in [0.4, 0.5) is 10.2 Å². The van der Waals surface area contributed by atoms with Gasteiger partial charge in [-0.2, -0.15) is 0 Å². The number of nitrogens with two attached hydrogens (primary N) is 1. The lowest BCUT2D eigenvalue weighted by Crippen LogP contribution is -2.24. The van der Waals surface area contributed by atoms with Gasteiger partial charge in [0.05, 0.1) is 11.4 Å². The summed E-state index contributed by atoms with van der Waals surface area (Å²) in [4.78, 5) is 15.0. The number of pyridine rings is 2. The Morgan fingerprint density at radius 2 is 2.32 bits per heavy atom. The summed E-state index contributed by atoms with van der Waals surface area (Å²) < 4.78 is 14.5. The quantitative estimate of drug-likeness (QED) is 0.813. The van der Waals surface area contributed by atoms with E-state index in [0.29, 0.717) is 35.2 Å². The fraction of sp³-hybridized carbons (Fsp3) is 0.333. The predicted octanol–water partition coefficient (Wildman–Crippen LogP) is 1.87. The van der Waals surface area contributed by atoms with Crippen molar-refractivity contribution in [1.29, 1.82) is 5.41 Å². The Kier molecular flexibility index (Phi) is 5.14. The molecule has 6 nitrogen and oxygen atoms in total. The molecule has 3 heterocycles. The Morgan fingerprint density at radius 1 is 1.48 bits per heavy atom. The van der Waals surface area contributed by atoms with Crippen LogP contribution in [0.3, 0.4) is 0 Å². The molecule has 1 aliphatic heterocycles. The Bertz CT molecular complexity index is 804. The van der Waals surface area contributed by atoms with E-state index in [1.807, 2.05) is 0 Å². The van der Waals surface area contributed by atoms with Gasteiger partial charge in [-0.25, -0.2) is 9.37 Å². The van der Waals surface area contributed by atoms with Gasteiger partial charge in [-0.05, 0) is 43.1 Å². The van der Waals surface area contributed by atoms with Crippen LogP contribution in [0.15, 0.2) is 35.5 Å². The molecule has 0 saturated carbocycles. The van der Waals surface area contributed by atoms with Crippen molar-refractivity contribution in [2.45, 2.75) is 6.42 Å². The molecule has 3 rings (SSSR count). The number of hydrogen-bond acceptors (Lipinski definition) is 6. The predicted molar refractivity (Wildman–Crippen MR) is 97.3 cm³/mol. The maximum absolute atomic E-state index is 14.5. The second-order valence-electron chi connectivity index (χ2n) is 5.99. The van der Waals surface area contributed by atoms with E-state index >= 15 is 0 Å². The number of nitrogens with zero attached hydrogens (tertiary/aromatic N) is 4. The van der Waals surface area contributed by atoms with Crippen molar-refractivity contribution in [2.75, 3.05) is 31.6 Å². The Labute approximate surface area is 146 Å². The van der Waals surface area contributed by atoms with Crippen molar-refractivity contribution in [3.63, 3.8) is 0 Å². The Hall–Kier alpha value is -2.67. The highest BCUT2D eigenvalue weighted by molar-refractivity contribution is 6.15. The first-order valence-electron chi connectivity index (χ1n) is 8.22. The maximum Gasteiger partial charge on any atom is 0.151 e. The molecular weight excluding hydrogens is 319 g/mol. The molecule has 130 valence electrons.